The van der Waals surface area contributed by atoms with Gasteiger partial charge in [0.1, 0.15) is 0 Å². The fourth-order valence-corrected chi connectivity index (χ4v) is 1.44. The number of carbonyl (C=O) groups excluding carboxylic acids is 1. The first-order valence-electron chi connectivity index (χ1n) is 5.09. The minimum absolute atomic E-state index is 0.117. The Kier molecular flexibility index (Phi) is 3.01. The highest BCUT2D eigenvalue weighted by Gasteiger charge is 2.03. The van der Waals surface area contributed by atoms with Crippen LogP contribution in [0.3, 0.4) is 0 Å². The van der Waals surface area contributed by atoms with Crippen LogP contribution in [0, 0.1) is 6.92 Å². The maximum atomic E-state index is 11.6. The molecule has 0 amide bonds. The first kappa shape index (κ1) is 10.4. The lowest BCUT2D eigenvalue weighted by Crippen LogP contribution is -1.90. The molecule has 0 spiro atoms. The van der Waals surface area contributed by atoms with Gasteiger partial charge >= 0.3 is 0 Å². The minimum atomic E-state index is -0.117. The number of furan rings is 1. The molecule has 0 saturated carbocycles. The summed E-state index contributed by atoms with van der Waals surface area (Å²) in [7, 11) is 0. The van der Waals surface area contributed by atoms with Gasteiger partial charge < -0.3 is 4.42 Å². The van der Waals surface area contributed by atoms with Gasteiger partial charge in [-0.25, -0.2) is 0 Å². The second kappa shape index (κ2) is 4.62. The van der Waals surface area contributed by atoms with Gasteiger partial charge in [0, 0.05) is 0 Å². The summed E-state index contributed by atoms with van der Waals surface area (Å²) in [4.78, 5) is 11.6. The minimum Gasteiger partial charge on any atom is -0.461 e. The molecule has 0 unspecified atom stereocenters. The van der Waals surface area contributed by atoms with Crippen molar-refractivity contribution in [2.24, 2.45) is 0 Å². The summed E-state index contributed by atoms with van der Waals surface area (Å²) >= 11 is 0. The SMILES string of the molecule is Cc1ccccc1/C=C\C(=O)c1ccco1. The van der Waals surface area contributed by atoms with Crippen molar-refractivity contribution in [3.63, 3.8) is 0 Å². The van der Waals surface area contributed by atoms with E-state index in [1.54, 1.807) is 18.2 Å². The van der Waals surface area contributed by atoms with E-state index >= 15 is 0 Å². The monoisotopic (exact) mass is 212 g/mol. The Morgan fingerprint density at radius 3 is 2.69 bits per heavy atom. The summed E-state index contributed by atoms with van der Waals surface area (Å²) in [6.45, 7) is 2.01. The normalized spacial score (nSPS) is 10.8. The standard InChI is InChI=1S/C14H12O2/c1-11-5-2-3-6-12(11)8-9-13(15)14-7-4-10-16-14/h2-10H,1H3/b9-8-. The Hall–Kier alpha value is -2.09. The average molecular weight is 212 g/mol. The van der Waals surface area contributed by atoms with Gasteiger partial charge in [-0.05, 0) is 36.3 Å². The molecule has 1 aromatic carbocycles. The maximum absolute atomic E-state index is 11.6. The number of hydrogen-bond acceptors (Lipinski definition) is 2. The van der Waals surface area contributed by atoms with E-state index in [9.17, 15) is 4.79 Å². The van der Waals surface area contributed by atoms with Crippen LogP contribution in [0.25, 0.3) is 6.08 Å². The van der Waals surface area contributed by atoms with Gasteiger partial charge in [-0.1, -0.05) is 30.3 Å². The smallest absolute Gasteiger partial charge is 0.221 e. The second-order valence-electron chi connectivity index (χ2n) is 3.53. The quantitative estimate of drug-likeness (QED) is 0.576. The zero-order valence-electron chi connectivity index (χ0n) is 9.01. The van der Waals surface area contributed by atoms with Gasteiger partial charge in [-0.3, -0.25) is 4.79 Å². The molecule has 0 radical (unpaired) electrons. The van der Waals surface area contributed by atoms with Crippen LogP contribution in [0.4, 0.5) is 0 Å². The number of aryl methyl sites for hydroxylation is 1. The highest BCUT2D eigenvalue weighted by Crippen LogP contribution is 2.10. The summed E-state index contributed by atoms with van der Waals surface area (Å²) in [5.74, 6) is 0.248. The van der Waals surface area contributed by atoms with Gasteiger partial charge in [0.05, 0.1) is 6.26 Å². The molecule has 0 aliphatic rings. The van der Waals surface area contributed by atoms with E-state index in [0.717, 1.165) is 11.1 Å². The molecule has 0 fully saturated rings. The highest BCUT2D eigenvalue weighted by atomic mass is 16.3. The van der Waals surface area contributed by atoms with Crippen LogP contribution < -0.4 is 0 Å². The largest absolute Gasteiger partial charge is 0.461 e. The zero-order chi connectivity index (χ0) is 11.4. The summed E-state index contributed by atoms with van der Waals surface area (Å²) in [6.07, 6.45) is 4.83. The molecular weight excluding hydrogens is 200 g/mol. The van der Waals surface area contributed by atoms with Crippen molar-refractivity contribution in [1.29, 1.82) is 0 Å². The van der Waals surface area contributed by atoms with E-state index in [1.807, 2.05) is 31.2 Å². The fourth-order valence-electron chi connectivity index (χ4n) is 1.44. The van der Waals surface area contributed by atoms with Crippen LogP contribution in [0.2, 0.25) is 0 Å². The molecule has 1 heterocycles. The first-order chi connectivity index (χ1) is 7.77. The summed E-state index contributed by atoms with van der Waals surface area (Å²) < 4.78 is 5.01. The third-order valence-corrected chi connectivity index (χ3v) is 2.37. The van der Waals surface area contributed by atoms with Crippen molar-refractivity contribution in [3.05, 3.63) is 65.6 Å². The Labute approximate surface area is 94.2 Å². The van der Waals surface area contributed by atoms with E-state index in [-0.39, 0.29) is 5.78 Å². The summed E-state index contributed by atoms with van der Waals surface area (Å²) in [6, 6.07) is 11.3. The lowest BCUT2D eigenvalue weighted by atomic mass is 10.1. The van der Waals surface area contributed by atoms with Crippen LogP contribution in [-0.4, -0.2) is 5.78 Å². The molecule has 2 heteroatoms. The molecule has 2 rings (SSSR count). The van der Waals surface area contributed by atoms with Crippen molar-refractivity contribution in [1.82, 2.24) is 0 Å². The molecule has 80 valence electrons. The number of hydrogen-bond donors (Lipinski definition) is 0. The zero-order valence-corrected chi connectivity index (χ0v) is 9.01. The lowest BCUT2D eigenvalue weighted by molar-refractivity contribution is 0.102. The van der Waals surface area contributed by atoms with Crippen LogP contribution in [0.1, 0.15) is 21.7 Å². The van der Waals surface area contributed by atoms with Gasteiger partial charge in [-0.2, -0.15) is 0 Å². The van der Waals surface area contributed by atoms with E-state index in [0.29, 0.717) is 5.76 Å². The second-order valence-corrected chi connectivity index (χ2v) is 3.53. The fraction of sp³-hybridized carbons (Fsp3) is 0.0714. The van der Waals surface area contributed by atoms with Crippen molar-refractivity contribution in [2.75, 3.05) is 0 Å². The molecule has 0 N–H and O–H groups in total. The van der Waals surface area contributed by atoms with Crippen molar-refractivity contribution in [2.45, 2.75) is 6.92 Å². The number of carbonyl (C=O) groups is 1. The Morgan fingerprint density at radius 2 is 2.00 bits per heavy atom. The molecule has 0 bridgehead atoms. The topological polar surface area (TPSA) is 30.2 Å². The number of rotatable bonds is 3. The van der Waals surface area contributed by atoms with Crippen LogP contribution in [-0.2, 0) is 0 Å². The van der Waals surface area contributed by atoms with Crippen LogP contribution in [0.5, 0.6) is 0 Å². The summed E-state index contributed by atoms with van der Waals surface area (Å²) in [5, 5.41) is 0. The molecule has 2 nitrogen and oxygen atoms in total. The number of allylic oxidation sites excluding steroid dienone is 1. The molecule has 1 aromatic heterocycles. The molecule has 0 saturated heterocycles. The van der Waals surface area contributed by atoms with Gasteiger partial charge in [0.2, 0.25) is 5.78 Å². The van der Waals surface area contributed by atoms with Crippen molar-refractivity contribution in [3.8, 4) is 0 Å². The van der Waals surface area contributed by atoms with Crippen molar-refractivity contribution >= 4 is 11.9 Å². The number of benzene rings is 1. The van der Waals surface area contributed by atoms with Crippen molar-refractivity contribution < 1.29 is 9.21 Å². The summed E-state index contributed by atoms with van der Waals surface area (Å²) in [5.41, 5.74) is 2.19. The van der Waals surface area contributed by atoms with E-state index in [4.69, 9.17) is 4.42 Å². The average Bonchev–Trinajstić information content (AvgIpc) is 2.81. The molecule has 0 aliphatic heterocycles. The molecule has 2 aromatic rings. The van der Waals surface area contributed by atoms with E-state index in [2.05, 4.69) is 0 Å². The maximum Gasteiger partial charge on any atom is 0.221 e. The van der Waals surface area contributed by atoms with Crippen LogP contribution >= 0.6 is 0 Å². The highest BCUT2D eigenvalue weighted by molar-refractivity contribution is 6.04. The predicted molar refractivity (Wildman–Crippen MR) is 63.3 cm³/mol. The van der Waals surface area contributed by atoms with E-state index < -0.39 is 0 Å². The molecular formula is C14H12O2. The number of ketones is 1. The first-order valence-corrected chi connectivity index (χ1v) is 5.09. The Bertz CT molecular complexity index is 507. The molecule has 16 heavy (non-hydrogen) atoms. The van der Waals surface area contributed by atoms with Gasteiger partial charge in [0.15, 0.2) is 5.76 Å². The molecule has 0 aliphatic carbocycles. The van der Waals surface area contributed by atoms with Gasteiger partial charge in [-0.15, -0.1) is 0 Å². The lowest BCUT2D eigenvalue weighted by Gasteiger charge is -1.97. The third-order valence-electron chi connectivity index (χ3n) is 2.37. The molecule has 0 atom stereocenters. The van der Waals surface area contributed by atoms with E-state index in [1.165, 1.54) is 12.3 Å². The Morgan fingerprint density at radius 1 is 1.19 bits per heavy atom. The predicted octanol–water partition coefficient (Wildman–Crippen LogP) is 3.48. The van der Waals surface area contributed by atoms with Gasteiger partial charge in [0.25, 0.3) is 0 Å². The third kappa shape index (κ3) is 2.28. The van der Waals surface area contributed by atoms with Crippen LogP contribution in [0.15, 0.2) is 53.2 Å². The Balaban J connectivity index is 2.16.